The maximum Gasteiger partial charge on any atom is 0.305 e. The van der Waals surface area contributed by atoms with Gasteiger partial charge in [-0.2, -0.15) is 0 Å². The predicted octanol–water partition coefficient (Wildman–Crippen LogP) is 8.83. The molecule has 8 heteroatoms. The van der Waals surface area contributed by atoms with Gasteiger partial charge in [0, 0.05) is 13.0 Å². The van der Waals surface area contributed by atoms with Crippen LogP contribution in [0.15, 0.2) is 0 Å². The van der Waals surface area contributed by atoms with Gasteiger partial charge in [0.1, 0.15) is 24.9 Å². The van der Waals surface area contributed by atoms with Crippen LogP contribution in [-0.4, -0.2) is 69.9 Å². The molecule has 0 aromatic carbocycles. The highest BCUT2D eigenvalue weighted by molar-refractivity contribution is 5.81. The molecule has 1 amide bonds. The van der Waals surface area contributed by atoms with E-state index in [1.54, 1.807) is 0 Å². The molecule has 0 aromatic rings. The van der Waals surface area contributed by atoms with E-state index in [9.17, 15) is 30.0 Å². The molecule has 5 N–H and O–H groups in total. The Balaban J connectivity index is 3.73. The van der Waals surface area contributed by atoms with Crippen LogP contribution in [0.5, 0.6) is 0 Å². The topological polar surface area (TPSA) is 136 Å². The number of rotatable bonds is 37. The maximum absolute atomic E-state index is 12.2. The third-order valence-corrected chi connectivity index (χ3v) is 9.57. The first-order valence-corrected chi connectivity index (χ1v) is 20.5. The summed E-state index contributed by atoms with van der Waals surface area (Å²) < 4.78 is 5.05. The standard InChI is InChI=1S/C40H79NO7/c1-3-5-7-9-11-13-15-17-19-20-22-24-26-28-30-32-36(43)48-34-35(42)37(44)38(45)39(46)40(47)41-33-31-29-27-25-23-21-18-16-14-12-10-8-6-4-2/h35,37-39,42,44-46H,3-34H2,1-2H3,(H,41,47)/t35-,37-,38+,39-/m1/s1. The molecule has 48 heavy (non-hydrogen) atoms. The van der Waals surface area contributed by atoms with Gasteiger partial charge in [0.2, 0.25) is 0 Å². The number of amides is 1. The second kappa shape index (κ2) is 35.6. The zero-order chi connectivity index (χ0) is 35.5. The summed E-state index contributed by atoms with van der Waals surface area (Å²) in [7, 11) is 0. The van der Waals surface area contributed by atoms with Crippen molar-refractivity contribution in [2.45, 2.75) is 231 Å². The van der Waals surface area contributed by atoms with Crippen LogP contribution in [0.3, 0.4) is 0 Å². The van der Waals surface area contributed by atoms with Crippen LogP contribution in [0.25, 0.3) is 0 Å². The van der Waals surface area contributed by atoms with Gasteiger partial charge in [0.15, 0.2) is 6.10 Å². The van der Waals surface area contributed by atoms with E-state index in [0.29, 0.717) is 13.0 Å². The minimum Gasteiger partial charge on any atom is -0.463 e. The number of esters is 1. The van der Waals surface area contributed by atoms with Crippen molar-refractivity contribution in [1.29, 1.82) is 0 Å². The van der Waals surface area contributed by atoms with Gasteiger partial charge in [0.25, 0.3) is 5.91 Å². The Morgan fingerprint density at radius 2 is 0.812 bits per heavy atom. The number of nitrogens with one attached hydrogen (secondary N) is 1. The van der Waals surface area contributed by atoms with Crippen molar-refractivity contribution in [2.75, 3.05) is 13.2 Å². The van der Waals surface area contributed by atoms with Crippen LogP contribution in [-0.2, 0) is 14.3 Å². The Morgan fingerprint density at radius 1 is 0.479 bits per heavy atom. The van der Waals surface area contributed by atoms with Crippen molar-refractivity contribution in [3.05, 3.63) is 0 Å². The molecule has 0 spiro atoms. The van der Waals surface area contributed by atoms with Gasteiger partial charge in [-0.05, 0) is 12.8 Å². The molecule has 0 saturated carbocycles. The quantitative estimate of drug-likeness (QED) is 0.0326. The Bertz CT molecular complexity index is 707. The third-order valence-electron chi connectivity index (χ3n) is 9.57. The van der Waals surface area contributed by atoms with E-state index < -0.39 is 42.9 Å². The summed E-state index contributed by atoms with van der Waals surface area (Å²) in [6, 6.07) is 0. The van der Waals surface area contributed by atoms with Gasteiger partial charge >= 0.3 is 5.97 Å². The normalized spacial score (nSPS) is 14.0. The fourth-order valence-electron chi connectivity index (χ4n) is 6.19. The van der Waals surface area contributed by atoms with E-state index in [1.165, 1.54) is 148 Å². The molecule has 0 saturated heterocycles. The van der Waals surface area contributed by atoms with Crippen LogP contribution < -0.4 is 5.32 Å². The van der Waals surface area contributed by atoms with Crippen LogP contribution in [0.2, 0.25) is 0 Å². The minimum absolute atomic E-state index is 0.230. The largest absolute Gasteiger partial charge is 0.463 e. The molecule has 0 aliphatic heterocycles. The zero-order valence-corrected chi connectivity index (χ0v) is 31.5. The number of aliphatic hydroxyl groups excluding tert-OH is 4. The molecule has 4 atom stereocenters. The second-order valence-electron chi connectivity index (χ2n) is 14.3. The summed E-state index contributed by atoms with van der Waals surface area (Å²) in [6.45, 7) is 4.36. The average molecular weight is 686 g/mol. The fraction of sp³-hybridized carbons (Fsp3) is 0.950. The van der Waals surface area contributed by atoms with Gasteiger partial charge in [-0.15, -0.1) is 0 Å². The highest BCUT2D eigenvalue weighted by atomic mass is 16.5. The first kappa shape index (κ1) is 46.8. The molecule has 0 bridgehead atoms. The Kier molecular flexibility index (Phi) is 34.7. The third kappa shape index (κ3) is 29.7. The number of aliphatic hydroxyl groups is 4. The monoisotopic (exact) mass is 686 g/mol. The van der Waals surface area contributed by atoms with E-state index in [0.717, 1.165) is 32.1 Å². The molecule has 0 aromatic heterocycles. The molecule has 0 aliphatic carbocycles. The van der Waals surface area contributed by atoms with Crippen LogP contribution >= 0.6 is 0 Å². The van der Waals surface area contributed by atoms with E-state index in [-0.39, 0.29) is 6.42 Å². The number of hydrogen-bond acceptors (Lipinski definition) is 7. The number of ether oxygens (including phenoxy) is 1. The summed E-state index contributed by atoms with van der Waals surface area (Å²) in [5.41, 5.74) is 0. The Labute approximate surface area is 295 Å². The first-order chi connectivity index (χ1) is 23.3. The van der Waals surface area contributed by atoms with Crippen molar-refractivity contribution < 1.29 is 34.8 Å². The van der Waals surface area contributed by atoms with Gasteiger partial charge in [-0.25, -0.2) is 0 Å². The molecular weight excluding hydrogens is 606 g/mol. The lowest BCUT2D eigenvalue weighted by atomic mass is 10.0. The van der Waals surface area contributed by atoms with E-state index in [1.807, 2.05) is 0 Å². The molecule has 8 nitrogen and oxygen atoms in total. The molecule has 286 valence electrons. The lowest BCUT2D eigenvalue weighted by Gasteiger charge is -2.25. The zero-order valence-electron chi connectivity index (χ0n) is 31.5. The average Bonchev–Trinajstić information content (AvgIpc) is 3.09. The molecule has 0 fully saturated rings. The number of carbonyl (C=O) groups is 2. The number of carbonyl (C=O) groups excluding carboxylic acids is 2. The number of hydrogen-bond donors (Lipinski definition) is 5. The van der Waals surface area contributed by atoms with Crippen molar-refractivity contribution >= 4 is 11.9 Å². The summed E-state index contributed by atoms with van der Waals surface area (Å²) in [6.07, 6.45) is 28.9. The Morgan fingerprint density at radius 3 is 1.19 bits per heavy atom. The van der Waals surface area contributed by atoms with E-state index in [4.69, 9.17) is 4.74 Å². The minimum atomic E-state index is -1.90. The maximum atomic E-state index is 12.2. The van der Waals surface area contributed by atoms with Crippen LogP contribution in [0.4, 0.5) is 0 Å². The molecule has 0 heterocycles. The smallest absolute Gasteiger partial charge is 0.305 e. The molecule has 0 rings (SSSR count). The van der Waals surface area contributed by atoms with E-state index >= 15 is 0 Å². The second-order valence-corrected chi connectivity index (χ2v) is 14.3. The summed E-state index contributed by atoms with van der Waals surface area (Å²) in [5, 5.41) is 43.3. The summed E-state index contributed by atoms with van der Waals surface area (Å²) in [5.74, 6) is -1.27. The SMILES string of the molecule is CCCCCCCCCCCCCCCCCC(=O)OC[C@@H](O)[C@@H](O)[C@H](O)[C@@H](O)C(=O)NCCCCCCCCCCCCCCCC. The highest BCUT2D eigenvalue weighted by Crippen LogP contribution is 2.15. The van der Waals surface area contributed by atoms with Crippen molar-refractivity contribution in [3.63, 3.8) is 0 Å². The lowest BCUT2D eigenvalue weighted by molar-refractivity contribution is -0.159. The molecular formula is C40H79NO7. The number of unbranched alkanes of at least 4 members (excludes halogenated alkanes) is 27. The van der Waals surface area contributed by atoms with Gasteiger partial charge in [-0.1, -0.05) is 187 Å². The molecule has 0 radical (unpaired) electrons. The molecule has 0 unspecified atom stereocenters. The summed E-state index contributed by atoms with van der Waals surface area (Å²) >= 11 is 0. The van der Waals surface area contributed by atoms with Gasteiger partial charge < -0.3 is 30.5 Å². The van der Waals surface area contributed by atoms with Crippen LogP contribution in [0, 0.1) is 0 Å². The van der Waals surface area contributed by atoms with Crippen molar-refractivity contribution in [2.24, 2.45) is 0 Å². The van der Waals surface area contributed by atoms with Gasteiger partial charge in [-0.3, -0.25) is 9.59 Å². The first-order valence-electron chi connectivity index (χ1n) is 20.5. The van der Waals surface area contributed by atoms with E-state index in [2.05, 4.69) is 19.2 Å². The predicted molar refractivity (Wildman–Crippen MR) is 198 cm³/mol. The highest BCUT2D eigenvalue weighted by Gasteiger charge is 2.34. The summed E-state index contributed by atoms with van der Waals surface area (Å²) in [4.78, 5) is 24.3. The van der Waals surface area contributed by atoms with Crippen molar-refractivity contribution in [1.82, 2.24) is 5.32 Å². The Hall–Kier alpha value is -1.22. The van der Waals surface area contributed by atoms with Crippen molar-refractivity contribution in [3.8, 4) is 0 Å². The van der Waals surface area contributed by atoms with Gasteiger partial charge in [0.05, 0.1) is 0 Å². The molecule has 0 aliphatic rings. The fourth-order valence-corrected chi connectivity index (χ4v) is 6.19. The lowest BCUT2D eigenvalue weighted by Crippen LogP contribution is -2.52. The van der Waals surface area contributed by atoms with Crippen LogP contribution in [0.1, 0.15) is 206 Å².